The molecule has 1 aliphatic carbocycles. The SMILES string of the molecule is CN(C(=O)c1cc(I)ccc1O)C1CCC1. The molecule has 1 fully saturated rings. The Morgan fingerprint density at radius 2 is 2.19 bits per heavy atom. The third-order valence-corrected chi connectivity index (χ3v) is 3.80. The molecule has 0 heterocycles. The van der Waals surface area contributed by atoms with Gasteiger partial charge in [-0.1, -0.05) is 0 Å². The van der Waals surface area contributed by atoms with Crippen molar-refractivity contribution in [3.63, 3.8) is 0 Å². The minimum atomic E-state index is -0.0827. The molecule has 0 aliphatic heterocycles. The molecule has 1 aromatic carbocycles. The van der Waals surface area contributed by atoms with Crippen LogP contribution in [0.1, 0.15) is 29.6 Å². The van der Waals surface area contributed by atoms with Crippen molar-refractivity contribution in [3.8, 4) is 5.75 Å². The predicted molar refractivity (Wildman–Crippen MR) is 70.6 cm³/mol. The van der Waals surface area contributed by atoms with Crippen LogP contribution in [0.5, 0.6) is 5.75 Å². The van der Waals surface area contributed by atoms with Crippen molar-refractivity contribution in [1.29, 1.82) is 0 Å². The monoisotopic (exact) mass is 331 g/mol. The Morgan fingerprint density at radius 3 is 2.75 bits per heavy atom. The lowest BCUT2D eigenvalue weighted by Gasteiger charge is -2.34. The smallest absolute Gasteiger partial charge is 0.257 e. The predicted octanol–water partition coefficient (Wildman–Crippen LogP) is 2.62. The van der Waals surface area contributed by atoms with E-state index in [2.05, 4.69) is 22.6 Å². The van der Waals surface area contributed by atoms with Crippen molar-refractivity contribution in [2.75, 3.05) is 7.05 Å². The summed E-state index contributed by atoms with van der Waals surface area (Å²) < 4.78 is 0.959. The molecule has 1 saturated carbocycles. The highest BCUT2D eigenvalue weighted by atomic mass is 127. The van der Waals surface area contributed by atoms with E-state index in [9.17, 15) is 9.90 Å². The molecule has 0 spiro atoms. The molecule has 0 radical (unpaired) electrons. The van der Waals surface area contributed by atoms with Crippen LogP contribution >= 0.6 is 22.6 Å². The van der Waals surface area contributed by atoms with Crippen molar-refractivity contribution in [3.05, 3.63) is 27.3 Å². The molecule has 1 aliphatic rings. The average molecular weight is 331 g/mol. The molecule has 1 aromatic rings. The van der Waals surface area contributed by atoms with Crippen LogP contribution in [0.15, 0.2) is 18.2 Å². The maximum Gasteiger partial charge on any atom is 0.257 e. The van der Waals surface area contributed by atoms with E-state index < -0.39 is 0 Å². The zero-order chi connectivity index (χ0) is 11.7. The maximum absolute atomic E-state index is 12.1. The molecule has 3 nitrogen and oxygen atoms in total. The lowest BCUT2D eigenvalue weighted by molar-refractivity contribution is 0.0649. The summed E-state index contributed by atoms with van der Waals surface area (Å²) in [6, 6.07) is 5.44. The number of aromatic hydroxyl groups is 1. The van der Waals surface area contributed by atoms with Crippen molar-refractivity contribution in [2.45, 2.75) is 25.3 Å². The zero-order valence-corrected chi connectivity index (χ0v) is 11.3. The van der Waals surface area contributed by atoms with E-state index in [-0.39, 0.29) is 11.7 Å². The molecule has 0 unspecified atom stereocenters. The van der Waals surface area contributed by atoms with Gasteiger partial charge in [0.2, 0.25) is 0 Å². The first-order valence-electron chi connectivity index (χ1n) is 5.35. The van der Waals surface area contributed by atoms with Gasteiger partial charge in [0.25, 0.3) is 5.91 Å². The maximum atomic E-state index is 12.1. The number of halogens is 1. The van der Waals surface area contributed by atoms with E-state index in [1.165, 1.54) is 6.42 Å². The van der Waals surface area contributed by atoms with Gasteiger partial charge in [-0.2, -0.15) is 0 Å². The van der Waals surface area contributed by atoms with Gasteiger partial charge in [0.05, 0.1) is 5.56 Å². The number of phenolic OH excluding ortho intramolecular Hbond substituents is 1. The van der Waals surface area contributed by atoms with Crippen molar-refractivity contribution >= 4 is 28.5 Å². The van der Waals surface area contributed by atoms with Gasteiger partial charge in [-0.15, -0.1) is 0 Å². The topological polar surface area (TPSA) is 40.5 Å². The van der Waals surface area contributed by atoms with Crippen molar-refractivity contribution in [2.24, 2.45) is 0 Å². The standard InChI is InChI=1S/C12H14INO2/c1-14(9-3-2-4-9)12(16)10-7-8(13)5-6-11(10)15/h5-7,9,15H,2-4H2,1H3. The summed E-state index contributed by atoms with van der Waals surface area (Å²) >= 11 is 2.14. The zero-order valence-electron chi connectivity index (χ0n) is 9.11. The first kappa shape index (κ1) is 11.7. The van der Waals surface area contributed by atoms with Gasteiger partial charge < -0.3 is 10.0 Å². The molecule has 1 amide bonds. The number of nitrogens with zero attached hydrogens (tertiary/aromatic N) is 1. The lowest BCUT2D eigenvalue weighted by Crippen LogP contribution is -2.41. The largest absolute Gasteiger partial charge is 0.507 e. The number of carbonyl (C=O) groups excluding carboxylic acids is 1. The van der Waals surface area contributed by atoms with Gasteiger partial charge in [0.1, 0.15) is 5.75 Å². The summed E-state index contributed by atoms with van der Waals surface area (Å²) in [6.45, 7) is 0. The number of benzene rings is 1. The summed E-state index contributed by atoms with van der Waals surface area (Å²) in [7, 11) is 1.81. The van der Waals surface area contributed by atoms with Gasteiger partial charge in [0, 0.05) is 16.7 Å². The third-order valence-electron chi connectivity index (χ3n) is 3.13. The van der Waals surface area contributed by atoms with Crippen molar-refractivity contribution < 1.29 is 9.90 Å². The van der Waals surface area contributed by atoms with Crippen LogP contribution in [0.4, 0.5) is 0 Å². The molecular weight excluding hydrogens is 317 g/mol. The summed E-state index contributed by atoms with van der Waals surface area (Å²) in [5.74, 6) is -0.0164. The van der Waals surface area contributed by atoms with Crippen LogP contribution in [0, 0.1) is 3.57 Å². The van der Waals surface area contributed by atoms with E-state index >= 15 is 0 Å². The number of carbonyl (C=O) groups is 1. The number of hydrogen-bond donors (Lipinski definition) is 1. The molecule has 2 rings (SSSR count). The normalized spacial score (nSPS) is 15.6. The Kier molecular flexibility index (Phi) is 3.37. The van der Waals surface area contributed by atoms with E-state index in [0.717, 1.165) is 16.4 Å². The number of rotatable bonds is 2. The second kappa shape index (κ2) is 4.61. The summed E-state index contributed by atoms with van der Waals surface area (Å²) in [6.07, 6.45) is 3.35. The van der Waals surface area contributed by atoms with E-state index in [4.69, 9.17) is 0 Å². The second-order valence-electron chi connectivity index (χ2n) is 4.16. The van der Waals surface area contributed by atoms with E-state index in [1.54, 1.807) is 23.1 Å². The van der Waals surface area contributed by atoms with Crippen LogP contribution in [0.25, 0.3) is 0 Å². The summed E-state index contributed by atoms with van der Waals surface area (Å²) in [4.78, 5) is 13.9. The fraction of sp³-hybridized carbons (Fsp3) is 0.417. The Balaban J connectivity index is 2.22. The molecular formula is C12H14INO2. The average Bonchev–Trinajstić information content (AvgIpc) is 2.18. The molecule has 0 aromatic heterocycles. The van der Waals surface area contributed by atoms with Crippen LogP contribution in [-0.4, -0.2) is 29.0 Å². The summed E-state index contributed by atoms with van der Waals surface area (Å²) in [5, 5.41) is 9.68. The van der Waals surface area contributed by atoms with E-state index in [0.29, 0.717) is 11.6 Å². The molecule has 0 saturated heterocycles. The highest BCUT2D eigenvalue weighted by Crippen LogP contribution is 2.27. The first-order valence-corrected chi connectivity index (χ1v) is 6.43. The Morgan fingerprint density at radius 1 is 1.50 bits per heavy atom. The third kappa shape index (κ3) is 2.16. The highest BCUT2D eigenvalue weighted by Gasteiger charge is 2.27. The lowest BCUT2D eigenvalue weighted by atomic mass is 9.91. The van der Waals surface area contributed by atoms with Crippen LogP contribution < -0.4 is 0 Å². The van der Waals surface area contributed by atoms with Gasteiger partial charge >= 0.3 is 0 Å². The molecule has 0 atom stereocenters. The fourth-order valence-electron chi connectivity index (χ4n) is 1.81. The molecule has 4 heteroatoms. The number of amides is 1. The molecule has 1 N–H and O–H groups in total. The van der Waals surface area contributed by atoms with Crippen molar-refractivity contribution in [1.82, 2.24) is 4.90 Å². The molecule has 86 valence electrons. The Bertz CT molecular complexity index is 415. The minimum absolute atomic E-state index is 0.0663. The highest BCUT2D eigenvalue weighted by molar-refractivity contribution is 14.1. The van der Waals surface area contributed by atoms with Crippen LogP contribution in [0.3, 0.4) is 0 Å². The second-order valence-corrected chi connectivity index (χ2v) is 5.41. The Hall–Kier alpha value is -0.780. The number of hydrogen-bond acceptors (Lipinski definition) is 2. The van der Waals surface area contributed by atoms with E-state index in [1.807, 2.05) is 7.05 Å². The first-order chi connectivity index (χ1) is 7.59. The van der Waals surface area contributed by atoms with Gasteiger partial charge in [-0.25, -0.2) is 0 Å². The quantitative estimate of drug-likeness (QED) is 0.847. The molecule has 0 bridgehead atoms. The Labute approximate surface area is 109 Å². The minimum Gasteiger partial charge on any atom is -0.507 e. The van der Waals surface area contributed by atoms with Crippen LogP contribution in [0.2, 0.25) is 0 Å². The number of phenols is 1. The van der Waals surface area contributed by atoms with Gasteiger partial charge in [0.15, 0.2) is 0 Å². The van der Waals surface area contributed by atoms with Crippen LogP contribution in [-0.2, 0) is 0 Å². The molecule has 16 heavy (non-hydrogen) atoms. The van der Waals surface area contributed by atoms with Gasteiger partial charge in [-0.05, 0) is 60.1 Å². The fourth-order valence-corrected chi connectivity index (χ4v) is 2.30. The van der Waals surface area contributed by atoms with Gasteiger partial charge in [-0.3, -0.25) is 4.79 Å². The summed E-state index contributed by atoms with van der Waals surface area (Å²) in [5.41, 5.74) is 0.404.